The molecule has 3 rings (SSSR count). The van der Waals surface area contributed by atoms with E-state index in [9.17, 15) is 0 Å². The van der Waals surface area contributed by atoms with Crippen LogP contribution in [0, 0.1) is 30.1 Å². The van der Waals surface area contributed by atoms with Crippen LogP contribution in [0.2, 0.25) is 0 Å². The molecular formula is C25H26N2O3. The third kappa shape index (κ3) is 5.70. The number of aryl methyl sites for hydroxylation is 1. The highest BCUT2D eigenvalue weighted by atomic mass is 16.7. The molecule has 2 aromatic rings. The van der Waals surface area contributed by atoms with Gasteiger partial charge in [-0.1, -0.05) is 43.4 Å². The second-order valence-electron chi connectivity index (χ2n) is 7.10. The highest BCUT2D eigenvalue weighted by Gasteiger charge is 2.13. The molecule has 0 saturated carbocycles. The van der Waals surface area contributed by atoms with Gasteiger partial charge in [-0.2, -0.15) is 5.26 Å². The van der Waals surface area contributed by atoms with Crippen molar-refractivity contribution >= 4 is 16.7 Å². The van der Waals surface area contributed by atoms with E-state index in [0.29, 0.717) is 36.6 Å². The van der Waals surface area contributed by atoms with E-state index >= 15 is 0 Å². The average molecular weight is 402 g/mol. The maximum atomic E-state index is 9.15. The number of nitriles is 1. The molecule has 0 spiro atoms. The lowest BCUT2D eigenvalue weighted by Gasteiger charge is -2.11. The van der Waals surface area contributed by atoms with Crippen molar-refractivity contribution in [1.29, 1.82) is 5.26 Å². The summed E-state index contributed by atoms with van der Waals surface area (Å²) in [6.45, 7) is 6.97. The fourth-order valence-electron chi connectivity index (χ4n) is 3.01. The van der Waals surface area contributed by atoms with Crippen LogP contribution < -0.4 is 0 Å². The molecule has 1 aromatic carbocycles. The molecule has 0 saturated heterocycles. The number of hydrogen-bond acceptors (Lipinski definition) is 5. The van der Waals surface area contributed by atoms with Gasteiger partial charge in [0.1, 0.15) is 12.1 Å². The topological polar surface area (TPSA) is 68.3 Å². The molecule has 5 nitrogen and oxygen atoms in total. The largest absolute Gasteiger partial charge is 0.436 e. The summed E-state index contributed by atoms with van der Waals surface area (Å²) in [4.78, 5) is 4.58. The normalized spacial score (nSPS) is 14.3. The molecule has 1 heterocycles. The first-order valence-corrected chi connectivity index (χ1v) is 10.2. The van der Waals surface area contributed by atoms with Crippen molar-refractivity contribution in [2.75, 3.05) is 13.2 Å². The number of aromatic nitrogens is 1. The first kappa shape index (κ1) is 21.6. The van der Waals surface area contributed by atoms with Crippen LogP contribution in [0.5, 0.6) is 0 Å². The fourth-order valence-corrected chi connectivity index (χ4v) is 3.01. The lowest BCUT2D eigenvalue weighted by molar-refractivity contribution is -0.121. The number of hydrogen-bond donors (Lipinski definition) is 0. The van der Waals surface area contributed by atoms with Crippen LogP contribution in [0.15, 0.2) is 46.4 Å². The number of ether oxygens (including phenoxy) is 2. The maximum Gasteiger partial charge on any atom is 0.223 e. The molecule has 0 bridgehead atoms. The van der Waals surface area contributed by atoms with Gasteiger partial charge in [-0.05, 0) is 50.5 Å². The molecule has 5 heteroatoms. The van der Waals surface area contributed by atoms with Crippen LogP contribution in [0.4, 0.5) is 0 Å². The van der Waals surface area contributed by atoms with E-state index in [1.807, 2.05) is 44.2 Å². The smallest absolute Gasteiger partial charge is 0.223 e. The van der Waals surface area contributed by atoms with Crippen molar-refractivity contribution in [2.45, 2.75) is 46.3 Å². The van der Waals surface area contributed by atoms with Crippen LogP contribution in [0.1, 0.15) is 50.1 Å². The SMILES string of the molecule is CCCCOC(C)OCC#CC1=CC=C(c2nc3cc(C#N)cc(C)c3o2)CC=C1. The summed E-state index contributed by atoms with van der Waals surface area (Å²) < 4.78 is 17.1. The molecule has 154 valence electrons. The zero-order valence-corrected chi connectivity index (χ0v) is 17.7. The van der Waals surface area contributed by atoms with E-state index in [4.69, 9.17) is 19.2 Å². The minimum atomic E-state index is -0.250. The molecule has 0 fully saturated rings. The van der Waals surface area contributed by atoms with Crippen molar-refractivity contribution in [2.24, 2.45) is 0 Å². The molecule has 0 amide bonds. The van der Waals surface area contributed by atoms with Gasteiger partial charge in [0.25, 0.3) is 0 Å². The van der Waals surface area contributed by atoms with E-state index in [1.165, 1.54) is 0 Å². The van der Waals surface area contributed by atoms with Gasteiger partial charge in [-0.3, -0.25) is 0 Å². The molecule has 0 aliphatic heterocycles. The molecule has 1 aliphatic carbocycles. The number of benzene rings is 1. The van der Waals surface area contributed by atoms with Crippen LogP contribution in [-0.4, -0.2) is 24.5 Å². The lowest BCUT2D eigenvalue weighted by atomic mass is 10.1. The van der Waals surface area contributed by atoms with E-state index < -0.39 is 0 Å². The Morgan fingerprint density at radius 2 is 2.13 bits per heavy atom. The van der Waals surface area contributed by atoms with Gasteiger partial charge in [-0.25, -0.2) is 4.98 Å². The molecule has 0 radical (unpaired) electrons. The van der Waals surface area contributed by atoms with Crippen LogP contribution in [-0.2, 0) is 9.47 Å². The van der Waals surface area contributed by atoms with Gasteiger partial charge < -0.3 is 13.9 Å². The second kappa shape index (κ2) is 10.6. The third-order valence-electron chi connectivity index (χ3n) is 4.65. The highest BCUT2D eigenvalue weighted by Crippen LogP contribution is 2.28. The molecule has 1 unspecified atom stereocenters. The van der Waals surface area contributed by atoms with Crippen LogP contribution in [0.3, 0.4) is 0 Å². The van der Waals surface area contributed by atoms with Gasteiger partial charge in [0, 0.05) is 17.8 Å². The molecule has 0 N–H and O–H groups in total. The zero-order valence-electron chi connectivity index (χ0n) is 17.7. The zero-order chi connectivity index (χ0) is 21.3. The minimum absolute atomic E-state index is 0.250. The average Bonchev–Trinajstić information content (AvgIpc) is 3.03. The van der Waals surface area contributed by atoms with E-state index in [1.54, 1.807) is 6.07 Å². The molecule has 1 aromatic heterocycles. The fraction of sp³-hybridized carbons (Fsp3) is 0.360. The summed E-state index contributed by atoms with van der Waals surface area (Å²) in [6.07, 6.45) is 10.5. The molecule has 30 heavy (non-hydrogen) atoms. The van der Waals surface area contributed by atoms with Gasteiger partial charge in [0.05, 0.1) is 11.6 Å². The number of unbranched alkanes of at least 4 members (excludes halogenated alkanes) is 1. The number of oxazole rings is 1. The summed E-state index contributed by atoms with van der Waals surface area (Å²) >= 11 is 0. The summed E-state index contributed by atoms with van der Waals surface area (Å²) in [7, 11) is 0. The van der Waals surface area contributed by atoms with Crippen molar-refractivity contribution in [3.05, 3.63) is 59.0 Å². The van der Waals surface area contributed by atoms with Gasteiger partial charge in [0.15, 0.2) is 11.9 Å². The molecule has 1 atom stereocenters. The van der Waals surface area contributed by atoms with E-state index in [-0.39, 0.29) is 6.29 Å². The summed E-state index contributed by atoms with van der Waals surface area (Å²) in [5, 5.41) is 9.15. The van der Waals surface area contributed by atoms with Crippen molar-refractivity contribution in [1.82, 2.24) is 4.98 Å². The molecule has 1 aliphatic rings. The van der Waals surface area contributed by atoms with Gasteiger partial charge in [-0.15, -0.1) is 0 Å². The number of allylic oxidation sites excluding steroid dienone is 6. The quantitative estimate of drug-likeness (QED) is 0.349. The van der Waals surface area contributed by atoms with Crippen LogP contribution in [0.25, 0.3) is 16.7 Å². The highest BCUT2D eigenvalue weighted by molar-refractivity contribution is 5.81. The standard InChI is InChI=1S/C25H26N2O3/c1-4-5-13-28-19(3)29-14-7-9-20-8-6-10-22(12-11-20)25-27-23-16-21(17-26)15-18(2)24(23)30-25/h6,8,11-12,15-16,19H,4-5,10,13-14H2,1-3H3. The van der Waals surface area contributed by atoms with Crippen molar-refractivity contribution in [3.63, 3.8) is 0 Å². The predicted octanol–water partition coefficient (Wildman–Crippen LogP) is 5.46. The Bertz CT molecular complexity index is 1090. The third-order valence-corrected chi connectivity index (χ3v) is 4.65. The predicted molar refractivity (Wildman–Crippen MR) is 117 cm³/mol. The number of fused-ring (bicyclic) bond motifs is 1. The van der Waals surface area contributed by atoms with Crippen LogP contribution >= 0.6 is 0 Å². The van der Waals surface area contributed by atoms with E-state index in [2.05, 4.69) is 29.8 Å². The number of nitrogens with zero attached hydrogens (tertiary/aromatic N) is 2. The first-order valence-electron chi connectivity index (χ1n) is 10.2. The summed E-state index contributed by atoms with van der Waals surface area (Å²) in [5.74, 6) is 6.72. The maximum absolute atomic E-state index is 9.15. The Morgan fingerprint density at radius 3 is 2.93 bits per heavy atom. The monoisotopic (exact) mass is 402 g/mol. The Hall–Kier alpha value is -3.12. The lowest BCUT2D eigenvalue weighted by Crippen LogP contribution is -2.13. The Balaban J connectivity index is 1.66. The molecular weight excluding hydrogens is 376 g/mol. The van der Waals surface area contributed by atoms with Crippen molar-refractivity contribution in [3.8, 4) is 17.9 Å². The van der Waals surface area contributed by atoms with Crippen molar-refractivity contribution < 1.29 is 13.9 Å². The Kier molecular flexibility index (Phi) is 7.63. The van der Waals surface area contributed by atoms with Gasteiger partial charge >= 0.3 is 0 Å². The minimum Gasteiger partial charge on any atom is -0.436 e. The second-order valence-corrected chi connectivity index (χ2v) is 7.10. The number of rotatable bonds is 7. The van der Waals surface area contributed by atoms with Gasteiger partial charge in [0.2, 0.25) is 5.89 Å². The Labute approximate surface area is 177 Å². The summed E-state index contributed by atoms with van der Waals surface area (Å²) in [6, 6.07) is 5.72. The summed E-state index contributed by atoms with van der Waals surface area (Å²) in [5.41, 5.74) is 4.77. The van der Waals surface area contributed by atoms with E-state index in [0.717, 1.165) is 35.1 Å². The first-order chi connectivity index (χ1) is 14.6. The Morgan fingerprint density at radius 1 is 1.27 bits per heavy atom.